The molecule has 2 aromatic carbocycles. The minimum atomic E-state index is -0.263. The molecule has 2 aromatic heterocycles. The number of Topliss-reactive ketones (excluding diaryl/α,β-unsaturated/α-hetero) is 1. The van der Waals surface area contributed by atoms with Crippen molar-refractivity contribution < 1.29 is 9.53 Å². The number of anilines is 1. The molecule has 0 atom stereocenters. The lowest BCUT2D eigenvalue weighted by atomic mass is 10.1. The fourth-order valence-corrected chi connectivity index (χ4v) is 4.24. The second-order valence-electron chi connectivity index (χ2n) is 8.08. The van der Waals surface area contributed by atoms with Crippen LogP contribution in [0, 0.1) is 6.92 Å². The zero-order chi connectivity index (χ0) is 22.9. The van der Waals surface area contributed by atoms with Crippen molar-refractivity contribution in [3.63, 3.8) is 0 Å². The van der Waals surface area contributed by atoms with Gasteiger partial charge in [-0.3, -0.25) is 9.59 Å². The molecule has 0 unspecified atom stereocenters. The number of benzene rings is 2. The summed E-state index contributed by atoms with van der Waals surface area (Å²) < 4.78 is 7.55. The zero-order valence-corrected chi connectivity index (χ0v) is 18.7. The van der Waals surface area contributed by atoms with Crippen LogP contribution < -0.4 is 15.2 Å². The number of nitrogens with zero attached hydrogens (tertiary/aromatic N) is 4. The summed E-state index contributed by atoms with van der Waals surface area (Å²) in [5, 5.41) is 4.56. The first-order valence-corrected chi connectivity index (χ1v) is 11.1. The average Bonchev–Trinajstić information content (AvgIpc) is 3.17. The van der Waals surface area contributed by atoms with Gasteiger partial charge in [0, 0.05) is 37.7 Å². The second-order valence-corrected chi connectivity index (χ2v) is 8.08. The second kappa shape index (κ2) is 8.54. The Labute approximate surface area is 190 Å². The van der Waals surface area contributed by atoms with Crippen molar-refractivity contribution in [1.29, 1.82) is 0 Å². The Morgan fingerprint density at radius 1 is 1.03 bits per heavy atom. The Morgan fingerprint density at radius 2 is 1.79 bits per heavy atom. The number of carbonyl (C=O) groups excluding carboxylic acids is 1. The number of aromatic nitrogens is 4. The Bertz CT molecular complexity index is 1380. The molecule has 168 valence electrons. The van der Waals surface area contributed by atoms with Gasteiger partial charge >= 0.3 is 0 Å². The quantitative estimate of drug-likeness (QED) is 0.506. The van der Waals surface area contributed by atoms with Crippen LogP contribution in [0.3, 0.4) is 0 Å². The van der Waals surface area contributed by atoms with Gasteiger partial charge in [0.1, 0.15) is 22.9 Å². The van der Waals surface area contributed by atoms with Gasteiger partial charge in [-0.2, -0.15) is 5.10 Å². The minimum Gasteiger partial charge on any atom is -0.493 e. The van der Waals surface area contributed by atoms with Crippen molar-refractivity contribution in [2.75, 3.05) is 24.6 Å². The molecular weight excluding hydrogens is 418 g/mol. The van der Waals surface area contributed by atoms with E-state index in [-0.39, 0.29) is 5.56 Å². The lowest BCUT2D eigenvalue weighted by Gasteiger charge is -2.28. The lowest BCUT2D eigenvalue weighted by Crippen LogP contribution is -2.33. The lowest BCUT2D eigenvalue weighted by molar-refractivity contribution is -0.119. The summed E-state index contributed by atoms with van der Waals surface area (Å²) in [7, 11) is 0. The van der Waals surface area contributed by atoms with Gasteiger partial charge in [-0.1, -0.05) is 18.2 Å². The van der Waals surface area contributed by atoms with Crippen LogP contribution in [0.1, 0.15) is 25.5 Å². The maximum absolute atomic E-state index is 13.2. The number of carbonyl (C=O) groups is 1. The number of ketones is 1. The maximum atomic E-state index is 13.2. The first-order valence-electron chi connectivity index (χ1n) is 11.1. The molecule has 3 heterocycles. The minimum absolute atomic E-state index is 0.263. The number of para-hydroxylation sites is 1. The first-order chi connectivity index (χ1) is 16.0. The number of nitrogens with one attached hydrogen (secondary N) is 1. The van der Waals surface area contributed by atoms with Gasteiger partial charge in [0.15, 0.2) is 5.52 Å². The van der Waals surface area contributed by atoms with Crippen molar-refractivity contribution in [3.8, 4) is 22.8 Å². The summed E-state index contributed by atoms with van der Waals surface area (Å²) in [5.41, 5.74) is 3.88. The van der Waals surface area contributed by atoms with E-state index in [9.17, 15) is 9.59 Å². The van der Waals surface area contributed by atoms with Crippen LogP contribution in [0.4, 0.5) is 5.69 Å². The Hall–Kier alpha value is -3.94. The molecule has 0 saturated carbocycles. The number of H-pyrrole nitrogens is 1. The monoisotopic (exact) mass is 443 g/mol. The van der Waals surface area contributed by atoms with Gasteiger partial charge in [0.25, 0.3) is 5.56 Å². The topological polar surface area (TPSA) is 93.1 Å². The molecule has 5 rings (SSSR count). The molecular formula is C25H25N5O3. The normalized spacial score (nSPS) is 14.1. The van der Waals surface area contributed by atoms with Crippen molar-refractivity contribution >= 4 is 22.5 Å². The van der Waals surface area contributed by atoms with E-state index in [1.807, 2.05) is 62.4 Å². The number of hydrogen-bond acceptors (Lipinski definition) is 6. The molecule has 8 nitrogen and oxygen atoms in total. The molecule has 1 fully saturated rings. The van der Waals surface area contributed by atoms with Crippen molar-refractivity contribution in [3.05, 3.63) is 64.6 Å². The highest BCUT2D eigenvalue weighted by atomic mass is 16.5. The molecule has 0 spiro atoms. The molecule has 0 radical (unpaired) electrons. The summed E-state index contributed by atoms with van der Waals surface area (Å²) in [6.45, 7) is 5.64. The average molecular weight is 444 g/mol. The third-order valence-electron chi connectivity index (χ3n) is 5.91. The van der Waals surface area contributed by atoms with E-state index in [1.54, 1.807) is 4.68 Å². The van der Waals surface area contributed by atoms with Gasteiger partial charge in [-0.15, -0.1) is 0 Å². The highest BCUT2D eigenvalue weighted by Crippen LogP contribution is 2.33. The number of hydrogen-bond donors (Lipinski definition) is 1. The van der Waals surface area contributed by atoms with Crippen LogP contribution in [-0.2, 0) is 4.79 Å². The third-order valence-corrected chi connectivity index (χ3v) is 5.91. The number of piperidine rings is 1. The summed E-state index contributed by atoms with van der Waals surface area (Å²) in [5.74, 6) is 1.38. The van der Waals surface area contributed by atoms with Crippen LogP contribution in [0.5, 0.6) is 5.75 Å². The number of rotatable bonds is 5. The summed E-state index contributed by atoms with van der Waals surface area (Å²) in [6, 6.07) is 15.4. The van der Waals surface area contributed by atoms with Gasteiger partial charge < -0.3 is 14.6 Å². The fourth-order valence-electron chi connectivity index (χ4n) is 4.24. The molecule has 33 heavy (non-hydrogen) atoms. The van der Waals surface area contributed by atoms with E-state index in [0.717, 1.165) is 11.4 Å². The Balaban J connectivity index is 1.59. The largest absolute Gasteiger partial charge is 0.493 e. The van der Waals surface area contributed by atoms with Crippen LogP contribution in [0.2, 0.25) is 0 Å². The number of fused-ring (bicyclic) bond motifs is 1. The molecule has 0 amide bonds. The van der Waals surface area contributed by atoms with Crippen LogP contribution in [-0.4, -0.2) is 45.2 Å². The highest BCUT2D eigenvalue weighted by molar-refractivity contribution is 5.82. The van der Waals surface area contributed by atoms with E-state index in [2.05, 4.69) is 15.0 Å². The first kappa shape index (κ1) is 20.9. The number of aromatic amines is 1. The molecule has 1 aliphatic heterocycles. The van der Waals surface area contributed by atoms with Gasteiger partial charge in [-0.05, 0) is 38.1 Å². The summed E-state index contributed by atoms with van der Waals surface area (Å²) in [6.07, 6.45) is 1.11. The maximum Gasteiger partial charge on any atom is 0.277 e. The third kappa shape index (κ3) is 3.88. The summed E-state index contributed by atoms with van der Waals surface area (Å²) in [4.78, 5) is 34.6. The molecule has 0 bridgehead atoms. The predicted octanol–water partition coefficient (Wildman–Crippen LogP) is 3.65. The van der Waals surface area contributed by atoms with Crippen molar-refractivity contribution in [1.82, 2.24) is 19.7 Å². The van der Waals surface area contributed by atoms with Crippen LogP contribution in [0.15, 0.2) is 53.3 Å². The van der Waals surface area contributed by atoms with E-state index < -0.39 is 0 Å². The van der Waals surface area contributed by atoms with E-state index >= 15 is 0 Å². The van der Waals surface area contributed by atoms with E-state index in [4.69, 9.17) is 9.72 Å². The fraction of sp³-hybridized carbons (Fsp3) is 0.280. The number of aryl methyl sites for hydroxylation is 1. The smallest absolute Gasteiger partial charge is 0.277 e. The summed E-state index contributed by atoms with van der Waals surface area (Å²) >= 11 is 0. The van der Waals surface area contributed by atoms with Gasteiger partial charge in [0.2, 0.25) is 0 Å². The highest BCUT2D eigenvalue weighted by Gasteiger charge is 2.21. The Kier molecular flexibility index (Phi) is 5.42. The van der Waals surface area contributed by atoms with E-state index in [1.165, 1.54) is 0 Å². The van der Waals surface area contributed by atoms with Crippen LogP contribution in [0.25, 0.3) is 28.1 Å². The number of ether oxygens (including phenoxy) is 1. The van der Waals surface area contributed by atoms with Crippen molar-refractivity contribution in [2.24, 2.45) is 0 Å². The van der Waals surface area contributed by atoms with Gasteiger partial charge in [0.05, 0.1) is 23.6 Å². The Morgan fingerprint density at radius 3 is 2.52 bits per heavy atom. The standard InChI is InChI=1S/C25H25N5O3/c1-3-33-21-15-18(29-13-11-19(31)12-14-29)9-10-20(21)24-26-22-16(2)28-30(23(22)25(32)27-24)17-7-5-4-6-8-17/h4-10,15H,3,11-14H2,1-2H3,(H,26,27,32). The zero-order valence-electron chi connectivity index (χ0n) is 18.7. The molecule has 1 aliphatic rings. The molecule has 4 aromatic rings. The molecule has 1 N–H and O–H groups in total. The molecule has 0 aliphatic carbocycles. The SMILES string of the molecule is CCOc1cc(N2CCC(=O)CC2)ccc1-c1nc2c(C)nn(-c3ccccc3)c2c(=O)[nH]1. The van der Waals surface area contributed by atoms with Gasteiger partial charge in [-0.25, -0.2) is 9.67 Å². The van der Waals surface area contributed by atoms with Crippen molar-refractivity contribution in [2.45, 2.75) is 26.7 Å². The van der Waals surface area contributed by atoms with Crippen LogP contribution >= 0.6 is 0 Å². The molecule has 1 saturated heterocycles. The predicted molar refractivity (Wildman–Crippen MR) is 127 cm³/mol. The van der Waals surface area contributed by atoms with E-state index in [0.29, 0.717) is 72.2 Å². The molecule has 8 heteroatoms.